The fraction of sp³-hybridized carbons (Fsp3) is 0.538. The molecule has 2 unspecified atom stereocenters. The van der Waals surface area contributed by atoms with Crippen LogP contribution >= 0.6 is 11.6 Å². The molecular weight excluding hydrogens is 270 g/mol. The molecule has 18 heavy (non-hydrogen) atoms. The molecule has 0 radical (unpaired) electrons. The topological polar surface area (TPSA) is 46.2 Å². The minimum Gasteiger partial charge on any atom is -0.211 e. The zero-order chi connectivity index (χ0) is 13.8. The van der Waals surface area contributed by atoms with Gasteiger partial charge < -0.3 is 0 Å². The maximum Gasteiger partial charge on any atom is 0.240 e. The number of hydrogen-bond donors (Lipinski definition) is 1. The molecule has 1 aromatic rings. The molecule has 3 nitrogen and oxygen atoms in total. The second kappa shape index (κ2) is 6.55. The van der Waals surface area contributed by atoms with Gasteiger partial charge in [-0.3, -0.25) is 0 Å². The van der Waals surface area contributed by atoms with Gasteiger partial charge >= 0.3 is 0 Å². The summed E-state index contributed by atoms with van der Waals surface area (Å²) < 4.78 is 27.0. The molecule has 0 saturated heterocycles. The lowest BCUT2D eigenvalue weighted by atomic mass is 9.98. The fourth-order valence-electron chi connectivity index (χ4n) is 1.66. The highest BCUT2D eigenvalue weighted by molar-refractivity contribution is 7.89. The number of sulfonamides is 1. The van der Waals surface area contributed by atoms with E-state index in [4.69, 9.17) is 11.6 Å². The van der Waals surface area contributed by atoms with E-state index in [1.807, 2.05) is 32.9 Å². The van der Waals surface area contributed by atoms with Crippen LogP contribution in [-0.2, 0) is 10.0 Å². The molecule has 0 aliphatic heterocycles. The SMILES string of the molecule is CCCNS(=O)(=O)c1ccccc1C(C)C(C)Cl. The second-order valence-corrected chi connectivity index (χ2v) is 6.83. The second-order valence-electron chi connectivity index (χ2n) is 4.40. The molecule has 0 spiro atoms. The lowest BCUT2D eigenvalue weighted by molar-refractivity contribution is 0.577. The van der Waals surface area contributed by atoms with Gasteiger partial charge in [0.05, 0.1) is 4.90 Å². The van der Waals surface area contributed by atoms with Gasteiger partial charge in [0.25, 0.3) is 0 Å². The van der Waals surface area contributed by atoms with Gasteiger partial charge in [-0.25, -0.2) is 13.1 Å². The Bertz CT molecular complexity index is 486. The van der Waals surface area contributed by atoms with E-state index in [-0.39, 0.29) is 11.3 Å². The van der Waals surface area contributed by atoms with Gasteiger partial charge in [0.2, 0.25) is 10.0 Å². The van der Waals surface area contributed by atoms with Crippen LogP contribution in [0, 0.1) is 0 Å². The molecule has 0 aromatic heterocycles. The van der Waals surface area contributed by atoms with Crippen LogP contribution in [0.3, 0.4) is 0 Å². The zero-order valence-corrected chi connectivity index (χ0v) is 12.6. The Morgan fingerprint density at radius 2 is 1.89 bits per heavy atom. The number of hydrogen-bond acceptors (Lipinski definition) is 2. The Hall–Kier alpha value is -0.580. The fourth-order valence-corrected chi connectivity index (χ4v) is 3.25. The van der Waals surface area contributed by atoms with E-state index in [1.165, 1.54) is 0 Å². The zero-order valence-electron chi connectivity index (χ0n) is 11.0. The van der Waals surface area contributed by atoms with Gasteiger partial charge in [0.1, 0.15) is 0 Å². The smallest absolute Gasteiger partial charge is 0.211 e. The molecule has 1 aromatic carbocycles. The predicted octanol–water partition coefficient (Wildman–Crippen LogP) is 3.11. The highest BCUT2D eigenvalue weighted by Crippen LogP contribution is 2.28. The summed E-state index contributed by atoms with van der Waals surface area (Å²) in [4.78, 5) is 0.332. The lowest BCUT2D eigenvalue weighted by Crippen LogP contribution is -2.26. The summed E-state index contributed by atoms with van der Waals surface area (Å²) in [5.74, 6) is -0.0129. The van der Waals surface area contributed by atoms with Crippen molar-refractivity contribution in [2.24, 2.45) is 0 Å². The molecule has 0 saturated carbocycles. The van der Waals surface area contributed by atoms with Crippen LogP contribution in [0.4, 0.5) is 0 Å². The van der Waals surface area contributed by atoms with Gasteiger partial charge in [0.15, 0.2) is 0 Å². The first-order chi connectivity index (χ1) is 8.40. The molecule has 0 aliphatic carbocycles. The highest BCUT2D eigenvalue weighted by atomic mass is 35.5. The first-order valence-corrected chi connectivity index (χ1v) is 8.04. The average Bonchev–Trinajstić information content (AvgIpc) is 2.35. The van der Waals surface area contributed by atoms with Gasteiger partial charge in [0, 0.05) is 11.9 Å². The number of nitrogens with one attached hydrogen (secondary N) is 1. The van der Waals surface area contributed by atoms with E-state index in [1.54, 1.807) is 12.1 Å². The van der Waals surface area contributed by atoms with Crippen molar-refractivity contribution in [1.29, 1.82) is 0 Å². The van der Waals surface area contributed by atoms with E-state index in [2.05, 4.69) is 4.72 Å². The van der Waals surface area contributed by atoms with E-state index in [0.29, 0.717) is 11.4 Å². The molecule has 5 heteroatoms. The quantitative estimate of drug-likeness (QED) is 0.818. The summed E-state index contributed by atoms with van der Waals surface area (Å²) >= 11 is 6.07. The van der Waals surface area contributed by atoms with Crippen LogP contribution < -0.4 is 4.72 Å². The third-order valence-corrected chi connectivity index (χ3v) is 4.84. The Morgan fingerprint density at radius 3 is 2.44 bits per heavy atom. The Morgan fingerprint density at radius 1 is 1.28 bits per heavy atom. The highest BCUT2D eigenvalue weighted by Gasteiger charge is 2.22. The van der Waals surface area contributed by atoms with Crippen molar-refractivity contribution < 1.29 is 8.42 Å². The standard InChI is InChI=1S/C13H20ClNO2S/c1-4-9-15-18(16,17)13-8-6-5-7-12(13)10(2)11(3)14/h5-8,10-11,15H,4,9H2,1-3H3. The normalized spacial score (nSPS) is 15.3. The van der Waals surface area contributed by atoms with Gasteiger partial charge in [-0.1, -0.05) is 32.0 Å². The third-order valence-electron chi connectivity index (χ3n) is 2.93. The number of alkyl halides is 1. The minimum atomic E-state index is -3.44. The molecule has 2 atom stereocenters. The van der Waals surface area contributed by atoms with Gasteiger partial charge in [-0.05, 0) is 30.9 Å². The summed E-state index contributed by atoms with van der Waals surface area (Å²) in [6.45, 7) is 6.18. The van der Waals surface area contributed by atoms with Crippen LogP contribution in [0.1, 0.15) is 38.7 Å². The summed E-state index contributed by atoms with van der Waals surface area (Å²) in [5.41, 5.74) is 0.767. The van der Waals surface area contributed by atoms with Crippen molar-refractivity contribution in [2.45, 2.75) is 43.4 Å². The third kappa shape index (κ3) is 3.70. The van der Waals surface area contributed by atoms with Crippen molar-refractivity contribution in [2.75, 3.05) is 6.54 Å². The molecule has 0 aliphatic rings. The molecule has 0 amide bonds. The summed E-state index contributed by atoms with van der Waals surface area (Å²) in [6.07, 6.45) is 0.767. The molecule has 102 valence electrons. The van der Waals surface area contributed by atoms with Crippen molar-refractivity contribution in [1.82, 2.24) is 4.72 Å². The van der Waals surface area contributed by atoms with Crippen molar-refractivity contribution in [3.05, 3.63) is 29.8 Å². The Labute approximate surface area is 115 Å². The van der Waals surface area contributed by atoms with Crippen LogP contribution in [-0.4, -0.2) is 20.3 Å². The molecule has 0 fully saturated rings. The summed E-state index contributed by atoms with van der Waals surface area (Å²) in [7, 11) is -3.44. The van der Waals surface area contributed by atoms with E-state index >= 15 is 0 Å². The van der Waals surface area contributed by atoms with E-state index in [9.17, 15) is 8.42 Å². The lowest BCUT2D eigenvalue weighted by Gasteiger charge is -2.18. The van der Waals surface area contributed by atoms with Crippen LogP contribution in [0.15, 0.2) is 29.2 Å². The predicted molar refractivity (Wildman–Crippen MR) is 75.7 cm³/mol. The molecule has 0 bridgehead atoms. The molecule has 0 heterocycles. The monoisotopic (exact) mass is 289 g/mol. The first-order valence-electron chi connectivity index (χ1n) is 6.12. The van der Waals surface area contributed by atoms with E-state index < -0.39 is 10.0 Å². The number of halogens is 1. The minimum absolute atomic E-state index is 0.0129. The number of benzene rings is 1. The summed E-state index contributed by atoms with van der Waals surface area (Å²) in [5, 5.41) is -0.118. The Balaban J connectivity index is 3.17. The summed E-state index contributed by atoms with van der Waals surface area (Å²) in [6, 6.07) is 7.02. The van der Waals surface area contributed by atoms with Gasteiger partial charge in [-0.15, -0.1) is 11.6 Å². The first kappa shape index (κ1) is 15.5. The maximum absolute atomic E-state index is 12.2. The van der Waals surface area contributed by atoms with Crippen LogP contribution in [0.5, 0.6) is 0 Å². The Kier molecular flexibility index (Phi) is 5.63. The van der Waals surface area contributed by atoms with Crippen molar-refractivity contribution in [3.63, 3.8) is 0 Å². The maximum atomic E-state index is 12.2. The number of rotatable bonds is 6. The van der Waals surface area contributed by atoms with Crippen molar-refractivity contribution >= 4 is 21.6 Å². The van der Waals surface area contributed by atoms with E-state index in [0.717, 1.165) is 12.0 Å². The largest absolute Gasteiger partial charge is 0.240 e. The average molecular weight is 290 g/mol. The molecule has 1 rings (SSSR count). The van der Waals surface area contributed by atoms with Gasteiger partial charge in [-0.2, -0.15) is 0 Å². The van der Waals surface area contributed by atoms with Crippen molar-refractivity contribution in [3.8, 4) is 0 Å². The molecule has 1 N–H and O–H groups in total. The molecular formula is C13H20ClNO2S. The van der Waals surface area contributed by atoms with Crippen LogP contribution in [0.2, 0.25) is 0 Å². The van der Waals surface area contributed by atoms with Crippen LogP contribution in [0.25, 0.3) is 0 Å².